The van der Waals surface area contributed by atoms with Gasteiger partial charge in [0.25, 0.3) is 0 Å². The summed E-state index contributed by atoms with van der Waals surface area (Å²) >= 11 is 0. The van der Waals surface area contributed by atoms with Crippen molar-refractivity contribution in [1.82, 2.24) is 4.90 Å². The quantitative estimate of drug-likeness (QED) is 0.425. The number of aryl methyl sites for hydroxylation is 3. The van der Waals surface area contributed by atoms with E-state index in [0.29, 0.717) is 37.6 Å². The van der Waals surface area contributed by atoms with Crippen molar-refractivity contribution in [3.05, 3.63) is 70.0 Å². The number of ether oxygens (including phenoxy) is 2. The first-order chi connectivity index (χ1) is 16.8. The van der Waals surface area contributed by atoms with E-state index < -0.39 is 6.10 Å². The smallest absolute Gasteiger partial charge is 0.306 e. The average molecular weight is 486 g/mol. The van der Waals surface area contributed by atoms with Gasteiger partial charge >= 0.3 is 5.97 Å². The molecule has 6 heteroatoms. The number of carbonyl (C=O) groups excluding carboxylic acids is 1. The normalized spacial score (nSPS) is 17.9. The number of rotatable bonds is 12. The first kappa shape index (κ1) is 27.3. The highest BCUT2D eigenvalue weighted by Gasteiger charge is 2.27. The summed E-state index contributed by atoms with van der Waals surface area (Å²) in [6.07, 6.45) is 3.03. The molecular weight excluding hydrogens is 445 g/mol. The molecule has 2 aromatic rings. The molecular formula is C29H40FNO4. The van der Waals surface area contributed by atoms with Gasteiger partial charge in [-0.05, 0) is 88.2 Å². The minimum absolute atomic E-state index is 0.160. The molecule has 3 rings (SSSR count). The fourth-order valence-electron chi connectivity index (χ4n) is 4.86. The molecule has 35 heavy (non-hydrogen) atoms. The summed E-state index contributed by atoms with van der Waals surface area (Å²) < 4.78 is 25.1. The Labute approximate surface area is 209 Å². The van der Waals surface area contributed by atoms with Crippen LogP contribution >= 0.6 is 0 Å². The molecule has 0 spiro atoms. The van der Waals surface area contributed by atoms with Gasteiger partial charge in [-0.1, -0.05) is 35.9 Å². The van der Waals surface area contributed by atoms with Gasteiger partial charge in [0.05, 0.1) is 25.4 Å². The average Bonchev–Trinajstić information content (AvgIpc) is 3.25. The molecule has 1 fully saturated rings. The van der Waals surface area contributed by atoms with Gasteiger partial charge in [-0.3, -0.25) is 9.69 Å². The molecule has 3 atom stereocenters. The number of esters is 1. The summed E-state index contributed by atoms with van der Waals surface area (Å²) in [6.45, 7) is 9.69. The van der Waals surface area contributed by atoms with E-state index in [4.69, 9.17) is 9.47 Å². The van der Waals surface area contributed by atoms with Crippen molar-refractivity contribution in [3.63, 3.8) is 0 Å². The van der Waals surface area contributed by atoms with Crippen molar-refractivity contribution < 1.29 is 23.8 Å². The zero-order chi connectivity index (χ0) is 25.4. The molecule has 0 aromatic heterocycles. The lowest BCUT2D eigenvalue weighted by Gasteiger charge is -2.28. The SMILES string of the molecule is CCOC(=O)CCc1ccc(C)cc1[C@@H](C)OC[C@H](O)CN1CCC[C@H]1Cc1ccc(C)c(F)c1. The van der Waals surface area contributed by atoms with Crippen LogP contribution in [0.25, 0.3) is 0 Å². The standard InChI is InChI=1S/C29H40FNO4/c1-5-34-29(33)13-12-24-11-8-20(2)15-27(24)22(4)35-19-26(32)18-31-14-6-7-25(31)16-23-10-9-21(3)28(30)17-23/h8-11,15,17,22,25-26,32H,5-7,12-14,16,18-19H2,1-4H3/t22-,25+,26-/m1/s1. The van der Waals surface area contributed by atoms with Gasteiger partial charge in [-0.2, -0.15) is 0 Å². The number of aliphatic hydroxyl groups excluding tert-OH is 1. The maximum Gasteiger partial charge on any atom is 0.306 e. The zero-order valence-corrected chi connectivity index (χ0v) is 21.6. The Kier molecular flexibility index (Phi) is 10.3. The number of nitrogens with zero attached hydrogens (tertiary/aromatic N) is 1. The van der Waals surface area contributed by atoms with Crippen LogP contribution in [0.3, 0.4) is 0 Å². The Hall–Kier alpha value is -2.28. The second-order valence-corrected chi connectivity index (χ2v) is 9.72. The summed E-state index contributed by atoms with van der Waals surface area (Å²) in [7, 11) is 0. The lowest BCUT2D eigenvalue weighted by molar-refractivity contribution is -0.143. The topological polar surface area (TPSA) is 59.0 Å². The first-order valence-corrected chi connectivity index (χ1v) is 12.8. The van der Waals surface area contributed by atoms with E-state index >= 15 is 0 Å². The molecule has 0 unspecified atom stereocenters. The van der Waals surface area contributed by atoms with Crippen molar-refractivity contribution in [2.45, 2.75) is 78.0 Å². The Bertz CT molecular complexity index is 979. The van der Waals surface area contributed by atoms with Crippen LogP contribution in [-0.2, 0) is 27.1 Å². The van der Waals surface area contributed by atoms with E-state index in [9.17, 15) is 14.3 Å². The van der Waals surface area contributed by atoms with E-state index in [2.05, 4.69) is 11.0 Å². The van der Waals surface area contributed by atoms with Crippen molar-refractivity contribution in [3.8, 4) is 0 Å². The summed E-state index contributed by atoms with van der Waals surface area (Å²) in [5.74, 6) is -0.358. The van der Waals surface area contributed by atoms with E-state index in [1.807, 2.05) is 45.0 Å². The minimum Gasteiger partial charge on any atom is -0.466 e. The van der Waals surface area contributed by atoms with Crippen LogP contribution in [0.1, 0.15) is 67.0 Å². The molecule has 0 radical (unpaired) electrons. The molecule has 2 aromatic carbocycles. The summed E-state index contributed by atoms with van der Waals surface area (Å²) in [4.78, 5) is 14.1. The Morgan fingerprint density at radius 2 is 2.03 bits per heavy atom. The highest BCUT2D eigenvalue weighted by atomic mass is 19.1. The number of halogens is 1. The number of hydrogen-bond acceptors (Lipinski definition) is 5. The van der Waals surface area contributed by atoms with Gasteiger partial charge < -0.3 is 14.6 Å². The maximum atomic E-state index is 14.0. The third-order valence-electron chi connectivity index (χ3n) is 6.83. The molecule has 0 aliphatic carbocycles. The van der Waals surface area contributed by atoms with Gasteiger partial charge in [-0.15, -0.1) is 0 Å². The van der Waals surface area contributed by atoms with Gasteiger partial charge in [-0.25, -0.2) is 4.39 Å². The highest BCUT2D eigenvalue weighted by molar-refractivity contribution is 5.69. The fraction of sp³-hybridized carbons (Fsp3) is 0.552. The third-order valence-corrected chi connectivity index (χ3v) is 6.83. The number of aliphatic hydroxyl groups is 1. The predicted octanol–water partition coefficient (Wildman–Crippen LogP) is 5.08. The number of hydrogen-bond donors (Lipinski definition) is 1. The number of likely N-dealkylation sites (tertiary alicyclic amines) is 1. The largest absolute Gasteiger partial charge is 0.466 e. The van der Waals surface area contributed by atoms with Gasteiger partial charge in [0, 0.05) is 19.0 Å². The zero-order valence-electron chi connectivity index (χ0n) is 21.6. The molecule has 192 valence electrons. The summed E-state index contributed by atoms with van der Waals surface area (Å²) in [6, 6.07) is 11.9. The third kappa shape index (κ3) is 8.13. The second kappa shape index (κ2) is 13.1. The maximum absolute atomic E-state index is 14.0. The summed E-state index contributed by atoms with van der Waals surface area (Å²) in [5, 5.41) is 10.7. The number of β-amino-alcohol motifs (C(OH)–C–C–N with tert-alkyl or cyclic N) is 1. The van der Waals surface area contributed by atoms with Crippen LogP contribution in [0, 0.1) is 19.7 Å². The Morgan fingerprint density at radius 3 is 2.77 bits per heavy atom. The number of carbonyl (C=O) groups is 1. The van der Waals surface area contributed by atoms with Crippen molar-refractivity contribution in [2.75, 3.05) is 26.3 Å². The lowest BCUT2D eigenvalue weighted by atomic mass is 9.97. The van der Waals surface area contributed by atoms with Gasteiger partial charge in [0.1, 0.15) is 5.82 Å². The summed E-state index contributed by atoms with van der Waals surface area (Å²) in [5.41, 5.74) is 4.90. The lowest BCUT2D eigenvalue weighted by Crippen LogP contribution is -2.39. The Balaban J connectivity index is 1.53. The monoisotopic (exact) mass is 485 g/mol. The molecule has 1 aliphatic heterocycles. The van der Waals surface area contributed by atoms with E-state index in [0.717, 1.165) is 48.1 Å². The molecule has 1 heterocycles. The van der Waals surface area contributed by atoms with Crippen LogP contribution in [0.2, 0.25) is 0 Å². The van der Waals surface area contributed by atoms with Crippen molar-refractivity contribution >= 4 is 5.97 Å². The van der Waals surface area contributed by atoms with Crippen LogP contribution in [0.4, 0.5) is 4.39 Å². The van der Waals surface area contributed by atoms with Gasteiger partial charge in [0.2, 0.25) is 0 Å². The molecule has 5 nitrogen and oxygen atoms in total. The van der Waals surface area contributed by atoms with E-state index in [-0.39, 0.29) is 24.5 Å². The van der Waals surface area contributed by atoms with Crippen LogP contribution in [-0.4, -0.2) is 54.4 Å². The molecule has 1 saturated heterocycles. The Morgan fingerprint density at radius 1 is 1.23 bits per heavy atom. The highest BCUT2D eigenvalue weighted by Crippen LogP contribution is 2.26. The molecule has 1 aliphatic rings. The molecule has 1 N–H and O–H groups in total. The fourth-order valence-corrected chi connectivity index (χ4v) is 4.86. The first-order valence-electron chi connectivity index (χ1n) is 12.8. The molecule has 0 bridgehead atoms. The second-order valence-electron chi connectivity index (χ2n) is 9.72. The van der Waals surface area contributed by atoms with E-state index in [1.165, 1.54) is 0 Å². The van der Waals surface area contributed by atoms with Crippen LogP contribution in [0.5, 0.6) is 0 Å². The molecule has 0 saturated carbocycles. The van der Waals surface area contributed by atoms with E-state index in [1.54, 1.807) is 13.0 Å². The minimum atomic E-state index is -0.611. The van der Waals surface area contributed by atoms with Crippen molar-refractivity contribution in [1.29, 1.82) is 0 Å². The van der Waals surface area contributed by atoms with Crippen LogP contribution in [0.15, 0.2) is 36.4 Å². The number of benzene rings is 2. The predicted molar refractivity (Wildman–Crippen MR) is 136 cm³/mol. The van der Waals surface area contributed by atoms with Crippen LogP contribution < -0.4 is 0 Å². The van der Waals surface area contributed by atoms with Gasteiger partial charge in [0.15, 0.2) is 0 Å². The molecule has 0 amide bonds. The van der Waals surface area contributed by atoms with Crippen molar-refractivity contribution in [2.24, 2.45) is 0 Å².